The van der Waals surface area contributed by atoms with Crippen LogP contribution in [0.2, 0.25) is 0 Å². The van der Waals surface area contributed by atoms with Crippen LogP contribution in [0, 0.1) is 0 Å². The monoisotopic (exact) mass is 462 g/mol. The second-order valence-electron chi connectivity index (χ2n) is 9.11. The van der Waals surface area contributed by atoms with E-state index in [1.165, 1.54) is 0 Å². The van der Waals surface area contributed by atoms with E-state index >= 15 is 0 Å². The molecule has 4 heterocycles. The number of anilines is 3. The highest BCUT2D eigenvalue weighted by molar-refractivity contribution is 5.68. The highest BCUT2D eigenvalue weighted by Gasteiger charge is 2.35. The topological polar surface area (TPSA) is 105 Å². The number of benzene rings is 1. The summed E-state index contributed by atoms with van der Waals surface area (Å²) in [6, 6.07) is 10.2. The lowest BCUT2D eigenvalue weighted by atomic mass is 9.85. The molecule has 2 aliphatic rings. The minimum atomic E-state index is -0.362. The molecule has 2 unspecified atom stereocenters. The second kappa shape index (κ2) is 9.17. The largest absolute Gasteiger partial charge is 0.495 e. The quantitative estimate of drug-likeness (QED) is 0.510. The molecule has 2 atom stereocenters. The summed E-state index contributed by atoms with van der Waals surface area (Å²) >= 11 is 0. The van der Waals surface area contributed by atoms with Gasteiger partial charge in [0.1, 0.15) is 11.6 Å². The summed E-state index contributed by atoms with van der Waals surface area (Å²) in [6.45, 7) is 5.05. The summed E-state index contributed by atoms with van der Waals surface area (Å²) in [4.78, 5) is 15.9. The van der Waals surface area contributed by atoms with Gasteiger partial charge in [-0.25, -0.2) is 15.0 Å². The van der Waals surface area contributed by atoms with Crippen molar-refractivity contribution < 1.29 is 14.6 Å². The van der Waals surface area contributed by atoms with Crippen molar-refractivity contribution in [3.8, 4) is 17.0 Å². The molecule has 2 aliphatic heterocycles. The average Bonchev–Trinajstić information content (AvgIpc) is 3.21. The average molecular weight is 463 g/mol. The minimum absolute atomic E-state index is 0.0489. The Hall–Kier alpha value is -3.27. The van der Waals surface area contributed by atoms with Crippen molar-refractivity contribution in [1.82, 2.24) is 19.9 Å². The van der Waals surface area contributed by atoms with Crippen molar-refractivity contribution in [2.45, 2.75) is 18.4 Å². The Balaban J connectivity index is 1.40. The van der Waals surface area contributed by atoms with E-state index < -0.39 is 0 Å². The number of aliphatic hydroxyl groups is 1. The first-order valence-corrected chi connectivity index (χ1v) is 11.4. The number of methoxy groups -OCH3 is 1. The molecule has 0 radical (unpaired) electrons. The summed E-state index contributed by atoms with van der Waals surface area (Å²) in [5, 5.41) is 16.4. The van der Waals surface area contributed by atoms with Crippen LogP contribution in [0.4, 0.5) is 17.5 Å². The van der Waals surface area contributed by atoms with Gasteiger partial charge in [-0.05, 0) is 36.9 Å². The predicted molar refractivity (Wildman–Crippen MR) is 131 cm³/mol. The van der Waals surface area contributed by atoms with Gasteiger partial charge in [0.25, 0.3) is 0 Å². The van der Waals surface area contributed by atoms with Crippen molar-refractivity contribution >= 4 is 17.5 Å². The maximum atomic E-state index is 9.88. The van der Waals surface area contributed by atoms with Gasteiger partial charge in [0, 0.05) is 42.0 Å². The van der Waals surface area contributed by atoms with Crippen molar-refractivity contribution in [3.63, 3.8) is 0 Å². The van der Waals surface area contributed by atoms with E-state index in [9.17, 15) is 5.11 Å². The summed E-state index contributed by atoms with van der Waals surface area (Å²) in [6.07, 6.45) is 3.51. The molecule has 0 saturated carbocycles. The first kappa shape index (κ1) is 22.5. The lowest BCUT2D eigenvalue weighted by Crippen LogP contribution is -2.36. The summed E-state index contributed by atoms with van der Waals surface area (Å²) in [5.41, 5.74) is 4.18. The van der Waals surface area contributed by atoms with Gasteiger partial charge < -0.3 is 25.2 Å². The third-order valence-corrected chi connectivity index (χ3v) is 6.74. The van der Waals surface area contributed by atoms with Gasteiger partial charge in [0.2, 0.25) is 5.95 Å². The Kier molecular flexibility index (Phi) is 6.07. The Morgan fingerprint density at radius 2 is 2.18 bits per heavy atom. The lowest BCUT2D eigenvalue weighted by Gasteiger charge is -2.33. The SMILES string of the molecule is COc1cc(C2COCCN2C)ccc1Nc1nccc(-c2cnc3c(c2)C(C)(CO)CN3)n1. The Morgan fingerprint density at radius 3 is 2.97 bits per heavy atom. The molecule has 9 heteroatoms. The Bertz CT molecular complexity index is 1190. The van der Waals surface area contributed by atoms with Crippen LogP contribution in [0.1, 0.15) is 24.1 Å². The zero-order valence-corrected chi connectivity index (χ0v) is 19.7. The fourth-order valence-corrected chi connectivity index (χ4v) is 4.48. The van der Waals surface area contributed by atoms with Crippen LogP contribution >= 0.6 is 0 Å². The van der Waals surface area contributed by atoms with Crippen LogP contribution in [-0.2, 0) is 10.2 Å². The Labute approximate surface area is 199 Å². The number of rotatable bonds is 6. The highest BCUT2D eigenvalue weighted by atomic mass is 16.5. The molecule has 0 bridgehead atoms. The van der Waals surface area contributed by atoms with Gasteiger partial charge in [0.05, 0.1) is 44.4 Å². The molecule has 0 amide bonds. The van der Waals surface area contributed by atoms with Gasteiger partial charge in [-0.3, -0.25) is 4.90 Å². The number of hydrogen-bond donors (Lipinski definition) is 3. The lowest BCUT2D eigenvalue weighted by molar-refractivity contribution is 0.00501. The van der Waals surface area contributed by atoms with Gasteiger partial charge in [-0.2, -0.15) is 0 Å². The summed E-state index contributed by atoms with van der Waals surface area (Å²) < 4.78 is 11.3. The maximum absolute atomic E-state index is 9.88. The fourth-order valence-electron chi connectivity index (χ4n) is 4.48. The van der Waals surface area contributed by atoms with Crippen molar-refractivity contribution in [1.29, 1.82) is 0 Å². The molecule has 1 saturated heterocycles. The molecule has 2 aromatic heterocycles. The molecule has 178 valence electrons. The zero-order valence-electron chi connectivity index (χ0n) is 19.7. The molecule has 1 aromatic carbocycles. The number of nitrogens with one attached hydrogen (secondary N) is 2. The van der Waals surface area contributed by atoms with E-state index in [0.717, 1.165) is 52.8 Å². The zero-order chi connectivity index (χ0) is 23.7. The molecular weight excluding hydrogens is 432 g/mol. The normalized spacial score (nSPS) is 22.2. The predicted octanol–water partition coefficient (Wildman–Crippen LogP) is 2.97. The number of hydrogen-bond acceptors (Lipinski definition) is 9. The number of nitrogens with zero attached hydrogens (tertiary/aromatic N) is 4. The maximum Gasteiger partial charge on any atom is 0.227 e. The number of pyridine rings is 1. The minimum Gasteiger partial charge on any atom is -0.495 e. The van der Waals surface area contributed by atoms with Crippen LogP contribution in [-0.4, -0.2) is 72.0 Å². The van der Waals surface area contributed by atoms with E-state index in [2.05, 4.69) is 38.6 Å². The number of likely N-dealkylation sites (N-methyl/N-ethyl adjacent to an activating group) is 1. The van der Waals surface area contributed by atoms with E-state index in [-0.39, 0.29) is 18.1 Å². The standard InChI is InChI=1S/C25H30N6O3/c1-25(15-32)14-28-23-18(25)10-17(12-27-23)19-6-7-26-24(29-19)30-20-5-4-16(11-22(20)33-3)21-13-34-9-8-31(21)2/h4-7,10-12,21,32H,8-9,13-15H2,1-3H3,(H,27,28)(H,26,29,30). The van der Waals surface area contributed by atoms with Crippen LogP contribution in [0.15, 0.2) is 42.7 Å². The van der Waals surface area contributed by atoms with Gasteiger partial charge in [-0.1, -0.05) is 13.0 Å². The number of ether oxygens (including phenoxy) is 2. The first-order valence-electron chi connectivity index (χ1n) is 11.4. The van der Waals surface area contributed by atoms with E-state index in [4.69, 9.17) is 14.5 Å². The molecule has 3 N–H and O–H groups in total. The Morgan fingerprint density at radius 1 is 1.29 bits per heavy atom. The first-order chi connectivity index (χ1) is 16.5. The molecule has 0 spiro atoms. The molecule has 0 aliphatic carbocycles. The van der Waals surface area contributed by atoms with E-state index in [1.807, 2.05) is 31.2 Å². The third kappa shape index (κ3) is 4.18. The fraction of sp³-hybridized carbons (Fsp3) is 0.400. The number of morpholine rings is 1. The molecule has 34 heavy (non-hydrogen) atoms. The number of fused-ring (bicyclic) bond motifs is 1. The highest BCUT2D eigenvalue weighted by Crippen LogP contribution is 2.37. The van der Waals surface area contributed by atoms with Crippen LogP contribution in [0.5, 0.6) is 5.75 Å². The van der Waals surface area contributed by atoms with Crippen LogP contribution in [0.25, 0.3) is 11.3 Å². The smallest absolute Gasteiger partial charge is 0.227 e. The van der Waals surface area contributed by atoms with Gasteiger partial charge >= 0.3 is 0 Å². The van der Waals surface area contributed by atoms with Crippen molar-refractivity contribution in [3.05, 3.63) is 53.9 Å². The van der Waals surface area contributed by atoms with Crippen molar-refractivity contribution in [2.24, 2.45) is 0 Å². The van der Waals surface area contributed by atoms with E-state index in [1.54, 1.807) is 19.5 Å². The van der Waals surface area contributed by atoms with Gasteiger partial charge in [0.15, 0.2) is 0 Å². The van der Waals surface area contributed by atoms with Gasteiger partial charge in [-0.15, -0.1) is 0 Å². The van der Waals surface area contributed by atoms with Crippen LogP contribution < -0.4 is 15.4 Å². The second-order valence-corrected chi connectivity index (χ2v) is 9.11. The van der Waals surface area contributed by atoms with Crippen LogP contribution in [0.3, 0.4) is 0 Å². The molecule has 9 nitrogen and oxygen atoms in total. The third-order valence-electron chi connectivity index (χ3n) is 6.74. The van der Waals surface area contributed by atoms with Crippen molar-refractivity contribution in [2.75, 3.05) is 57.7 Å². The molecule has 5 rings (SSSR count). The summed E-state index contributed by atoms with van der Waals surface area (Å²) in [5.74, 6) is 1.99. The molecule has 3 aromatic rings. The number of aromatic nitrogens is 3. The number of aliphatic hydroxyl groups excluding tert-OH is 1. The molecule has 1 fully saturated rings. The molecular formula is C25H30N6O3. The summed E-state index contributed by atoms with van der Waals surface area (Å²) in [7, 11) is 3.77. The van der Waals surface area contributed by atoms with E-state index in [0.29, 0.717) is 19.1 Å².